The fourth-order valence-electron chi connectivity index (χ4n) is 2.86. The van der Waals surface area contributed by atoms with E-state index in [1.54, 1.807) is 37.4 Å². The topological polar surface area (TPSA) is 91.6 Å². The molecule has 0 radical (unpaired) electrons. The molecule has 0 saturated heterocycles. The summed E-state index contributed by atoms with van der Waals surface area (Å²) in [5.41, 5.74) is 0.879. The van der Waals surface area contributed by atoms with Gasteiger partial charge in [-0.2, -0.15) is 0 Å². The first kappa shape index (κ1) is 23.0. The van der Waals surface area contributed by atoms with E-state index >= 15 is 0 Å². The lowest BCUT2D eigenvalue weighted by Gasteiger charge is -2.10. The Morgan fingerprint density at radius 1 is 1.12 bits per heavy atom. The van der Waals surface area contributed by atoms with Gasteiger partial charge in [0.25, 0.3) is 5.69 Å². The van der Waals surface area contributed by atoms with Crippen molar-refractivity contribution < 1.29 is 19.2 Å². The summed E-state index contributed by atoms with van der Waals surface area (Å²) in [7, 11) is 0. The number of allylic oxidation sites excluding steroid dienone is 1. The fraction of sp³-hybridized carbons (Fsp3) is 0.167. The van der Waals surface area contributed by atoms with Crippen molar-refractivity contribution in [3.63, 3.8) is 0 Å². The van der Waals surface area contributed by atoms with Crippen LogP contribution in [0.15, 0.2) is 66.9 Å². The zero-order chi connectivity index (χ0) is 23.1. The molecule has 3 aromatic rings. The van der Waals surface area contributed by atoms with Crippen molar-refractivity contribution >= 4 is 29.1 Å². The second kappa shape index (κ2) is 10.5. The minimum absolute atomic E-state index is 0.0151. The Balaban J connectivity index is 1.62. The SMILES string of the molecule is CC(=O)C[C@@H](C)/C=C/c1ccc(Oc2ccc(Oc3ccc([N+](=O)[O-])cc3)cc2Cl)nc1. The molecular formula is C24H21ClN2O5. The zero-order valence-electron chi connectivity index (χ0n) is 17.5. The van der Waals surface area contributed by atoms with Crippen LogP contribution in [0.3, 0.4) is 0 Å². The summed E-state index contributed by atoms with van der Waals surface area (Å²) < 4.78 is 11.4. The molecule has 0 spiro atoms. The summed E-state index contributed by atoms with van der Waals surface area (Å²) in [5.74, 6) is 2.02. The minimum atomic E-state index is -0.473. The van der Waals surface area contributed by atoms with E-state index in [2.05, 4.69) is 4.98 Å². The molecule has 0 aliphatic rings. The number of rotatable bonds is 9. The Morgan fingerprint density at radius 2 is 1.84 bits per heavy atom. The van der Waals surface area contributed by atoms with E-state index in [-0.39, 0.29) is 17.4 Å². The molecule has 2 aromatic carbocycles. The number of aromatic nitrogens is 1. The van der Waals surface area contributed by atoms with Crippen LogP contribution in [0.5, 0.6) is 23.1 Å². The van der Waals surface area contributed by atoms with Gasteiger partial charge in [-0.15, -0.1) is 0 Å². The predicted octanol–water partition coefficient (Wildman–Crippen LogP) is 6.86. The summed E-state index contributed by atoms with van der Waals surface area (Å²) in [5, 5.41) is 11.1. The van der Waals surface area contributed by atoms with E-state index in [0.717, 1.165) is 5.56 Å². The van der Waals surface area contributed by atoms with E-state index in [4.69, 9.17) is 21.1 Å². The number of nitro benzene ring substituents is 1. The van der Waals surface area contributed by atoms with Crippen molar-refractivity contribution in [2.75, 3.05) is 0 Å². The number of nitro groups is 1. The van der Waals surface area contributed by atoms with Crippen molar-refractivity contribution in [1.82, 2.24) is 4.98 Å². The second-order valence-corrected chi connectivity index (χ2v) is 7.63. The van der Waals surface area contributed by atoms with Crippen LogP contribution in [-0.4, -0.2) is 15.7 Å². The Labute approximate surface area is 190 Å². The first-order valence-corrected chi connectivity index (χ1v) is 10.2. The molecule has 8 heteroatoms. The molecule has 0 N–H and O–H groups in total. The highest BCUT2D eigenvalue weighted by atomic mass is 35.5. The third-order valence-electron chi connectivity index (χ3n) is 4.39. The molecule has 0 amide bonds. The molecule has 0 aliphatic carbocycles. The number of hydrogen-bond acceptors (Lipinski definition) is 6. The lowest BCUT2D eigenvalue weighted by Crippen LogP contribution is -1.97. The van der Waals surface area contributed by atoms with Gasteiger partial charge in [0.05, 0.1) is 9.95 Å². The molecule has 0 bridgehead atoms. The van der Waals surface area contributed by atoms with Crippen LogP contribution >= 0.6 is 11.6 Å². The largest absolute Gasteiger partial charge is 0.457 e. The average molecular weight is 453 g/mol. The van der Waals surface area contributed by atoms with Crippen molar-refractivity contribution in [3.05, 3.63) is 87.6 Å². The summed E-state index contributed by atoms with van der Waals surface area (Å²) in [4.78, 5) is 25.7. The smallest absolute Gasteiger partial charge is 0.269 e. The number of benzene rings is 2. The van der Waals surface area contributed by atoms with Crippen LogP contribution in [0.2, 0.25) is 5.02 Å². The van der Waals surface area contributed by atoms with Crippen molar-refractivity contribution in [3.8, 4) is 23.1 Å². The maximum Gasteiger partial charge on any atom is 0.269 e. The first-order valence-electron chi connectivity index (χ1n) is 9.83. The number of non-ortho nitro benzene ring substituents is 1. The maximum absolute atomic E-state index is 11.2. The van der Waals surface area contributed by atoms with Gasteiger partial charge in [0.15, 0.2) is 0 Å². The van der Waals surface area contributed by atoms with Crippen LogP contribution in [0.4, 0.5) is 5.69 Å². The fourth-order valence-corrected chi connectivity index (χ4v) is 3.07. The normalized spacial score (nSPS) is 11.8. The van der Waals surface area contributed by atoms with Crippen molar-refractivity contribution in [2.24, 2.45) is 5.92 Å². The number of carbonyl (C=O) groups excluding carboxylic acids is 1. The van der Waals surface area contributed by atoms with Gasteiger partial charge >= 0.3 is 0 Å². The highest BCUT2D eigenvalue weighted by Crippen LogP contribution is 2.34. The van der Waals surface area contributed by atoms with Gasteiger partial charge < -0.3 is 14.3 Å². The summed E-state index contributed by atoms with van der Waals surface area (Å²) in [6.07, 6.45) is 6.07. The first-order chi connectivity index (χ1) is 15.3. The molecule has 1 atom stereocenters. The van der Waals surface area contributed by atoms with Gasteiger partial charge in [-0.05, 0) is 48.7 Å². The van der Waals surface area contributed by atoms with E-state index < -0.39 is 4.92 Å². The number of pyridine rings is 1. The van der Waals surface area contributed by atoms with E-state index in [0.29, 0.717) is 34.6 Å². The van der Waals surface area contributed by atoms with Gasteiger partial charge in [-0.25, -0.2) is 4.98 Å². The molecule has 0 fully saturated rings. The number of ketones is 1. The molecule has 0 saturated carbocycles. The van der Waals surface area contributed by atoms with Gasteiger partial charge in [-0.3, -0.25) is 10.1 Å². The highest BCUT2D eigenvalue weighted by molar-refractivity contribution is 6.32. The molecule has 3 rings (SSSR count). The number of nitrogens with zero attached hydrogens (tertiary/aromatic N) is 2. The number of halogens is 1. The van der Waals surface area contributed by atoms with Gasteiger partial charge in [-0.1, -0.05) is 30.7 Å². The minimum Gasteiger partial charge on any atom is -0.457 e. The molecule has 1 aromatic heterocycles. The summed E-state index contributed by atoms with van der Waals surface area (Å²) in [6, 6.07) is 14.3. The Bertz CT molecular complexity index is 1130. The Hall–Kier alpha value is -3.71. The quantitative estimate of drug-likeness (QED) is 0.260. The van der Waals surface area contributed by atoms with Crippen LogP contribution in [0.25, 0.3) is 6.08 Å². The number of Topliss-reactive ketones (excluding diaryl/α,β-unsaturated/α-hetero) is 1. The Kier molecular flexibility index (Phi) is 7.57. The Morgan fingerprint density at radius 3 is 2.44 bits per heavy atom. The van der Waals surface area contributed by atoms with Crippen LogP contribution in [-0.2, 0) is 4.79 Å². The maximum atomic E-state index is 11.2. The van der Waals surface area contributed by atoms with Crippen LogP contribution < -0.4 is 9.47 Å². The molecule has 164 valence electrons. The van der Waals surface area contributed by atoms with Gasteiger partial charge in [0, 0.05) is 36.9 Å². The van der Waals surface area contributed by atoms with Crippen LogP contribution in [0, 0.1) is 16.0 Å². The summed E-state index contributed by atoms with van der Waals surface area (Å²) >= 11 is 6.31. The van der Waals surface area contributed by atoms with Crippen molar-refractivity contribution in [2.45, 2.75) is 20.3 Å². The monoisotopic (exact) mass is 452 g/mol. The van der Waals surface area contributed by atoms with Gasteiger partial charge in [0.2, 0.25) is 5.88 Å². The van der Waals surface area contributed by atoms with Gasteiger partial charge in [0.1, 0.15) is 23.0 Å². The molecule has 0 unspecified atom stereocenters. The lowest BCUT2D eigenvalue weighted by molar-refractivity contribution is -0.384. The van der Waals surface area contributed by atoms with E-state index in [1.807, 2.05) is 25.1 Å². The highest BCUT2D eigenvalue weighted by Gasteiger charge is 2.09. The number of hydrogen-bond donors (Lipinski definition) is 0. The number of ether oxygens (including phenoxy) is 2. The second-order valence-electron chi connectivity index (χ2n) is 7.22. The molecule has 1 heterocycles. The van der Waals surface area contributed by atoms with E-state index in [9.17, 15) is 14.9 Å². The molecular weight excluding hydrogens is 432 g/mol. The molecule has 0 aliphatic heterocycles. The van der Waals surface area contributed by atoms with E-state index in [1.165, 1.54) is 24.3 Å². The third-order valence-corrected chi connectivity index (χ3v) is 4.68. The average Bonchev–Trinajstić information content (AvgIpc) is 2.75. The standard InChI is InChI=1S/C24H21ClN2O5/c1-16(13-17(2)28)3-4-18-5-12-24(26-15-18)32-23-11-10-21(14-22(23)25)31-20-8-6-19(7-9-20)27(29)30/h3-12,14-16H,13H2,1-2H3/b4-3+/t16-/m0/s1. The third kappa shape index (κ3) is 6.65. The lowest BCUT2D eigenvalue weighted by atomic mass is 10.0. The zero-order valence-corrected chi connectivity index (χ0v) is 18.3. The predicted molar refractivity (Wildman–Crippen MR) is 122 cm³/mol. The molecule has 32 heavy (non-hydrogen) atoms. The number of carbonyl (C=O) groups is 1. The summed E-state index contributed by atoms with van der Waals surface area (Å²) in [6.45, 7) is 3.57. The van der Waals surface area contributed by atoms with Crippen LogP contribution in [0.1, 0.15) is 25.8 Å². The van der Waals surface area contributed by atoms with Crippen molar-refractivity contribution in [1.29, 1.82) is 0 Å². The molecule has 7 nitrogen and oxygen atoms in total.